The maximum absolute atomic E-state index is 12.9. The summed E-state index contributed by atoms with van der Waals surface area (Å²) in [4.78, 5) is 7.01. The molecule has 1 aromatic carbocycles. The van der Waals surface area contributed by atoms with E-state index in [2.05, 4.69) is 16.9 Å². The van der Waals surface area contributed by atoms with Crippen LogP contribution in [0.5, 0.6) is 0 Å². The van der Waals surface area contributed by atoms with Crippen molar-refractivity contribution < 1.29 is 13.2 Å². The smallest absolute Gasteiger partial charge is 0.243 e. The lowest BCUT2D eigenvalue weighted by molar-refractivity contribution is -0.0602. The quantitative estimate of drug-likeness (QED) is 0.726. The first-order valence-electron chi connectivity index (χ1n) is 10.1. The molecule has 2 aromatic rings. The van der Waals surface area contributed by atoms with Gasteiger partial charge in [-0.25, -0.2) is 8.42 Å². The predicted molar refractivity (Wildman–Crippen MR) is 112 cm³/mol. The van der Waals surface area contributed by atoms with Crippen LogP contribution in [0.2, 0.25) is 0 Å². The molecule has 1 aromatic heterocycles. The van der Waals surface area contributed by atoms with Crippen LogP contribution in [0, 0.1) is 12.8 Å². The average molecular weight is 416 g/mol. The fourth-order valence-corrected chi connectivity index (χ4v) is 5.97. The normalized spacial score (nSPS) is 22.5. The number of nitrogens with zero attached hydrogens (tertiary/aromatic N) is 3. The number of piperidine rings is 1. The molecule has 3 heterocycles. The molecular formula is C22H29N3O3S. The molecule has 2 aliphatic rings. The van der Waals surface area contributed by atoms with E-state index in [1.54, 1.807) is 22.6 Å². The Bertz CT molecular complexity index is 926. The third-order valence-corrected chi connectivity index (χ3v) is 8.09. The van der Waals surface area contributed by atoms with Gasteiger partial charge in [0.2, 0.25) is 10.0 Å². The Balaban J connectivity index is 1.35. The Morgan fingerprint density at radius 3 is 2.62 bits per heavy atom. The van der Waals surface area contributed by atoms with Gasteiger partial charge in [0.1, 0.15) is 0 Å². The van der Waals surface area contributed by atoms with Crippen LogP contribution < -0.4 is 0 Å². The average Bonchev–Trinajstić information content (AvgIpc) is 2.68. The second-order valence-corrected chi connectivity index (χ2v) is 10.4. The number of sulfonamides is 1. The van der Waals surface area contributed by atoms with Gasteiger partial charge in [-0.15, -0.1) is 0 Å². The fraction of sp³-hybridized carbons (Fsp3) is 0.500. The van der Waals surface area contributed by atoms with Gasteiger partial charge in [0.25, 0.3) is 0 Å². The summed E-state index contributed by atoms with van der Waals surface area (Å²) < 4.78 is 33.4. The maximum atomic E-state index is 12.9. The molecule has 0 amide bonds. The number of aromatic nitrogens is 1. The Morgan fingerprint density at radius 1 is 1.17 bits per heavy atom. The summed E-state index contributed by atoms with van der Waals surface area (Å²) in [7, 11) is -1.31. The molecule has 0 N–H and O–H groups in total. The molecular weight excluding hydrogens is 386 g/mol. The van der Waals surface area contributed by atoms with Crippen molar-refractivity contribution in [1.82, 2.24) is 14.2 Å². The molecule has 0 saturated carbocycles. The molecule has 1 spiro atoms. The van der Waals surface area contributed by atoms with Gasteiger partial charge < -0.3 is 4.74 Å². The van der Waals surface area contributed by atoms with Crippen LogP contribution in [-0.2, 0) is 21.4 Å². The first-order chi connectivity index (χ1) is 13.9. The van der Waals surface area contributed by atoms with Crippen LogP contribution in [0.15, 0.2) is 53.6 Å². The largest absolute Gasteiger partial charge is 0.375 e. The van der Waals surface area contributed by atoms with Gasteiger partial charge in [-0.1, -0.05) is 23.8 Å². The lowest BCUT2D eigenvalue weighted by Gasteiger charge is -2.57. The lowest BCUT2D eigenvalue weighted by atomic mass is 9.77. The van der Waals surface area contributed by atoms with E-state index in [9.17, 15) is 8.42 Å². The van der Waals surface area contributed by atoms with E-state index in [1.165, 1.54) is 0 Å². The summed E-state index contributed by atoms with van der Waals surface area (Å²) in [6.07, 6.45) is 3.82. The van der Waals surface area contributed by atoms with Gasteiger partial charge in [0.15, 0.2) is 0 Å². The maximum Gasteiger partial charge on any atom is 0.243 e. The summed E-state index contributed by atoms with van der Waals surface area (Å²) >= 11 is 0. The standard InChI is InChI=1S/C22H29N3O3S/c1-18-6-8-21(9-7-18)29(26,27)25-16-22(17-25)13-19(10-12-24(22)2)14-28-15-20-5-3-4-11-23-20/h3-9,11,19H,10,12-17H2,1-2H3/t19-/m0/s1. The van der Waals surface area contributed by atoms with Crippen LogP contribution in [-0.4, -0.2) is 61.4 Å². The molecule has 7 heteroatoms. The molecule has 156 valence electrons. The zero-order valence-corrected chi connectivity index (χ0v) is 17.9. The Kier molecular flexibility index (Phi) is 5.75. The lowest BCUT2D eigenvalue weighted by Crippen LogP contribution is -2.72. The van der Waals surface area contributed by atoms with Gasteiger partial charge in [-0.2, -0.15) is 4.31 Å². The number of likely N-dealkylation sites (N-methyl/N-ethyl adjacent to an activating group) is 1. The van der Waals surface area contributed by atoms with Crippen LogP contribution >= 0.6 is 0 Å². The molecule has 1 atom stereocenters. The van der Waals surface area contributed by atoms with Crippen molar-refractivity contribution in [3.8, 4) is 0 Å². The van der Waals surface area contributed by atoms with Crippen molar-refractivity contribution in [3.63, 3.8) is 0 Å². The zero-order valence-electron chi connectivity index (χ0n) is 17.1. The minimum absolute atomic E-state index is 0.0744. The summed E-state index contributed by atoms with van der Waals surface area (Å²) in [6, 6.07) is 12.9. The number of pyridine rings is 1. The number of benzene rings is 1. The Hall–Kier alpha value is -1.80. The SMILES string of the molecule is Cc1ccc(S(=O)(=O)N2CC3(C[C@@H](COCc4ccccn4)CCN3C)C2)cc1. The minimum atomic E-state index is -3.42. The molecule has 29 heavy (non-hydrogen) atoms. The van der Waals surface area contributed by atoms with E-state index in [0.29, 0.717) is 37.1 Å². The number of rotatable bonds is 6. The number of likely N-dealkylation sites (tertiary alicyclic amines) is 1. The van der Waals surface area contributed by atoms with Gasteiger partial charge >= 0.3 is 0 Å². The summed E-state index contributed by atoms with van der Waals surface area (Å²) in [5.74, 6) is 0.444. The predicted octanol–water partition coefficient (Wildman–Crippen LogP) is 2.69. The van der Waals surface area contributed by atoms with E-state index in [-0.39, 0.29) is 5.54 Å². The number of hydrogen-bond acceptors (Lipinski definition) is 5. The van der Waals surface area contributed by atoms with Gasteiger partial charge in [0.05, 0.1) is 23.8 Å². The van der Waals surface area contributed by atoms with Crippen molar-refractivity contribution in [2.45, 2.75) is 36.8 Å². The summed E-state index contributed by atoms with van der Waals surface area (Å²) in [6.45, 7) is 5.25. The molecule has 0 aliphatic carbocycles. The molecule has 2 fully saturated rings. The van der Waals surface area contributed by atoms with E-state index >= 15 is 0 Å². The van der Waals surface area contributed by atoms with Crippen LogP contribution in [0.4, 0.5) is 0 Å². The summed E-state index contributed by atoms with van der Waals surface area (Å²) in [5.41, 5.74) is 1.92. The van der Waals surface area contributed by atoms with E-state index < -0.39 is 10.0 Å². The van der Waals surface area contributed by atoms with Crippen molar-refractivity contribution in [1.29, 1.82) is 0 Å². The monoisotopic (exact) mass is 415 g/mol. The molecule has 0 unspecified atom stereocenters. The van der Waals surface area contributed by atoms with Gasteiger partial charge in [0, 0.05) is 24.8 Å². The van der Waals surface area contributed by atoms with E-state index in [1.807, 2.05) is 37.3 Å². The fourth-order valence-electron chi connectivity index (χ4n) is 4.37. The van der Waals surface area contributed by atoms with Crippen LogP contribution in [0.1, 0.15) is 24.1 Å². The minimum Gasteiger partial charge on any atom is -0.375 e. The number of ether oxygens (including phenoxy) is 1. The van der Waals surface area contributed by atoms with Crippen LogP contribution in [0.25, 0.3) is 0 Å². The van der Waals surface area contributed by atoms with E-state index in [4.69, 9.17) is 4.74 Å². The molecule has 0 radical (unpaired) electrons. The van der Waals surface area contributed by atoms with Crippen molar-refractivity contribution >= 4 is 10.0 Å². The van der Waals surface area contributed by atoms with Crippen molar-refractivity contribution in [3.05, 3.63) is 59.9 Å². The van der Waals surface area contributed by atoms with Gasteiger partial charge in [-0.05, 0) is 63.5 Å². The van der Waals surface area contributed by atoms with Crippen molar-refractivity contribution in [2.75, 3.05) is 33.3 Å². The molecule has 6 nitrogen and oxygen atoms in total. The van der Waals surface area contributed by atoms with Crippen molar-refractivity contribution in [2.24, 2.45) is 5.92 Å². The second-order valence-electron chi connectivity index (χ2n) is 8.43. The zero-order chi connectivity index (χ0) is 20.5. The number of hydrogen-bond donors (Lipinski definition) is 0. The first-order valence-corrected chi connectivity index (χ1v) is 11.6. The second kappa shape index (κ2) is 8.14. The molecule has 2 saturated heterocycles. The molecule has 0 bridgehead atoms. The molecule has 4 rings (SSSR count). The Morgan fingerprint density at radius 2 is 1.93 bits per heavy atom. The highest BCUT2D eigenvalue weighted by molar-refractivity contribution is 7.89. The van der Waals surface area contributed by atoms with E-state index in [0.717, 1.165) is 30.6 Å². The topological polar surface area (TPSA) is 62.7 Å². The third kappa shape index (κ3) is 4.23. The molecule has 2 aliphatic heterocycles. The third-order valence-electron chi connectivity index (χ3n) is 6.28. The highest BCUT2D eigenvalue weighted by Gasteiger charge is 2.53. The first kappa shape index (κ1) is 20.5. The Labute approximate surface area is 173 Å². The highest BCUT2D eigenvalue weighted by Crippen LogP contribution is 2.40. The summed E-state index contributed by atoms with van der Waals surface area (Å²) in [5, 5.41) is 0. The highest BCUT2D eigenvalue weighted by atomic mass is 32.2. The number of aryl methyl sites for hydroxylation is 1. The van der Waals surface area contributed by atoms with Gasteiger partial charge in [-0.3, -0.25) is 9.88 Å². The van der Waals surface area contributed by atoms with Crippen LogP contribution in [0.3, 0.4) is 0 Å².